The first-order valence-corrected chi connectivity index (χ1v) is 17.8. The van der Waals surface area contributed by atoms with Crippen molar-refractivity contribution in [1.82, 2.24) is 20.9 Å². The largest absolute Gasteiger partial charge is 0.387 e. The Labute approximate surface area is 284 Å². The molecule has 12 nitrogen and oxygen atoms in total. The summed E-state index contributed by atoms with van der Waals surface area (Å²) < 4.78 is 0. The van der Waals surface area contributed by atoms with Crippen molar-refractivity contribution in [3.63, 3.8) is 0 Å². The minimum Gasteiger partial charge on any atom is -0.387 e. The molecule has 1 unspecified atom stereocenters. The third kappa shape index (κ3) is 8.37. The SMILES string of the molecule is CCC[C@H](NC(=O)[C@@H]1C[C@]2(CC(c3ccccc3)=NO2)CN1C(=O)[C@@H](NC(=O)[C@@H](N)C1CCCCC1)C(C)(C)C)C(O)C(=O)NC1CC1. The summed E-state index contributed by atoms with van der Waals surface area (Å²) in [4.78, 5) is 62.6. The van der Waals surface area contributed by atoms with E-state index in [0.29, 0.717) is 19.3 Å². The molecule has 0 aromatic heterocycles. The van der Waals surface area contributed by atoms with E-state index in [1.807, 2.05) is 58.0 Å². The number of nitrogens with two attached hydrogens (primary N) is 1. The first-order chi connectivity index (χ1) is 22.8. The van der Waals surface area contributed by atoms with Gasteiger partial charge in [-0.05, 0) is 49.0 Å². The summed E-state index contributed by atoms with van der Waals surface area (Å²) in [7, 11) is 0. The number of likely N-dealkylation sites (tertiary alicyclic amines) is 1. The lowest BCUT2D eigenvalue weighted by Gasteiger charge is -2.37. The van der Waals surface area contributed by atoms with Crippen LogP contribution in [0.25, 0.3) is 0 Å². The Morgan fingerprint density at radius 3 is 2.35 bits per heavy atom. The highest BCUT2D eigenvalue weighted by molar-refractivity contribution is 6.02. The summed E-state index contributed by atoms with van der Waals surface area (Å²) in [5, 5.41) is 24.0. The Balaban J connectivity index is 1.38. The van der Waals surface area contributed by atoms with Crippen LogP contribution in [0.2, 0.25) is 0 Å². The number of aliphatic hydroxyl groups excluding tert-OH is 1. The second-order valence-corrected chi connectivity index (χ2v) is 15.4. The fourth-order valence-corrected chi connectivity index (χ4v) is 7.27. The molecule has 2 aliphatic carbocycles. The monoisotopic (exact) mass is 666 g/mol. The second kappa shape index (κ2) is 14.9. The Bertz CT molecular complexity index is 1350. The van der Waals surface area contributed by atoms with Crippen LogP contribution in [0.1, 0.15) is 104 Å². The summed E-state index contributed by atoms with van der Waals surface area (Å²) in [6.45, 7) is 7.60. The lowest BCUT2D eigenvalue weighted by Crippen LogP contribution is -2.61. The molecule has 3 fully saturated rings. The number of nitrogens with zero attached hydrogens (tertiary/aromatic N) is 2. The standard InChI is InChI=1S/C36H54N6O6/c1-5-12-25(29(43)33(46)38-24-17-18-24)39-31(44)27-20-36(19-26(41-48-36)22-13-8-6-9-14-22)21-42(27)34(47)30(35(2,3)4)40-32(45)28(37)23-15-10-7-11-16-23/h6,8-9,13-14,23-25,27-30,43H,5,7,10-12,15-21,37H2,1-4H3,(H,38,46)(H,39,44)(H,40,45)/t25-,27-,28-,29?,30+,36+/m0/s1. The topological polar surface area (TPSA) is 175 Å². The van der Waals surface area contributed by atoms with Crippen molar-refractivity contribution in [3.05, 3.63) is 35.9 Å². The number of carbonyl (C=O) groups excluding carboxylic acids is 4. The van der Waals surface area contributed by atoms with E-state index in [4.69, 9.17) is 10.6 Å². The van der Waals surface area contributed by atoms with Crippen molar-refractivity contribution in [2.75, 3.05) is 6.54 Å². The van der Waals surface area contributed by atoms with Crippen LogP contribution in [0.3, 0.4) is 0 Å². The molecule has 1 aromatic carbocycles. The van der Waals surface area contributed by atoms with Gasteiger partial charge in [-0.2, -0.15) is 0 Å². The van der Waals surface area contributed by atoms with Gasteiger partial charge in [0.1, 0.15) is 12.1 Å². The van der Waals surface area contributed by atoms with E-state index in [-0.39, 0.29) is 30.8 Å². The molecule has 264 valence electrons. The minimum absolute atomic E-state index is 0.0574. The van der Waals surface area contributed by atoms with Gasteiger partial charge in [0.25, 0.3) is 5.91 Å². The molecule has 0 bridgehead atoms. The summed E-state index contributed by atoms with van der Waals surface area (Å²) in [5.41, 5.74) is 6.40. The van der Waals surface area contributed by atoms with E-state index in [1.165, 1.54) is 4.90 Å². The molecule has 1 spiro atoms. The maximum Gasteiger partial charge on any atom is 0.251 e. The quantitative estimate of drug-likeness (QED) is 0.228. The molecule has 1 saturated heterocycles. The Morgan fingerprint density at radius 1 is 1.04 bits per heavy atom. The van der Waals surface area contributed by atoms with E-state index >= 15 is 0 Å². The van der Waals surface area contributed by atoms with Gasteiger partial charge in [-0.15, -0.1) is 0 Å². The number of amides is 4. The molecule has 2 saturated carbocycles. The van der Waals surface area contributed by atoms with E-state index in [9.17, 15) is 24.3 Å². The zero-order valence-corrected chi connectivity index (χ0v) is 28.9. The number of hydrogen-bond acceptors (Lipinski definition) is 8. The molecule has 2 heterocycles. The number of aliphatic hydroxyl groups is 1. The van der Waals surface area contributed by atoms with Crippen LogP contribution >= 0.6 is 0 Å². The van der Waals surface area contributed by atoms with E-state index in [2.05, 4.69) is 21.1 Å². The third-order valence-corrected chi connectivity index (χ3v) is 10.3. The Kier molecular flexibility index (Phi) is 11.1. The van der Waals surface area contributed by atoms with E-state index < -0.39 is 59.0 Å². The average molecular weight is 667 g/mol. The van der Waals surface area contributed by atoms with Crippen molar-refractivity contribution in [2.24, 2.45) is 22.2 Å². The van der Waals surface area contributed by atoms with Gasteiger partial charge < -0.3 is 36.5 Å². The van der Waals surface area contributed by atoms with Crippen LogP contribution in [0.15, 0.2) is 35.5 Å². The molecule has 2 aliphatic heterocycles. The average Bonchev–Trinajstić information content (AvgIpc) is 3.67. The van der Waals surface area contributed by atoms with Crippen LogP contribution in [0, 0.1) is 11.3 Å². The van der Waals surface area contributed by atoms with Gasteiger partial charge in [-0.1, -0.05) is 88.9 Å². The maximum atomic E-state index is 14.6. The van der Waals surface area contributed by atoms with Crippen molar-refractivity contribution in [3.8, 4) is 0 Å². The molecule has 5 rings (SSSR count). The van der Waals surface area contributed by atoms with Crippen molar-refractivity contribution < 1.29 is 29.1 Å². The summed E-state index contributed by atoms with van der Waals surface area (Å²) in [6, 6.07) is 6.14. The van der Waals surface area contributed by atoms with Crippen molar-refractivity contribution in [1.29, 1.82) is 0 Å². The Hall–Kier alpha value is -3.51. The van der Waals surface area contributed by atoms with Crippen LogP contribution in [-0.2, 0) is 24.0 Å². The molecule has 48 heavy (non-hydrogen) atoms. The molecular weight excluding hydrogens is 612 g/mol. The van der Waals surface area contributed by atoms with Gasteiger partial charge in [0, 0.05) is 18.9 Å². The number of nitrogens with one attached hydrogen (secondary N) is 3. The molecular formula is C36H54N6O6. The van der Waals surface area contributed by atoms with Crippen LogP contribution in [0.5, 0.6) is 0 Å². The van der Waals surface area contributed by atoms with Gasteiger partial charge in [0.15, 0.2) is 11.7 Å². The smallest absolute Gasteiger partial charge is 0.251 e. The minimum atomic E-state index is -1.44. The molecule has 12 heteroatoms. The third-order valence-electron chi connectivity index (χ3n) is 10.3. The lowest BCUT2D eigenvalue weighted by molar-refractivity contribution is -0.145. The number of oxime groups is 1. The zero-order valence-electron chi connectivity index (χ0n) is 28.9. The first kappa shape index (κ1) is 35.8. The molecule has 6 atom stereocenters. The molecule has 4 amide bonds. The summed E-state index contributed by atoms with van der Waals surface area (Å²) in [5.74, 6) is -1.74. The molecule has 0 radical (unpaired) electrons. The number of benzene rings is 1. The maximum absolute atomic E-state index is 14.6. The Morgan fingerprint density at radius 2 is 1.73 bits per heavy atom. The van der Waals surface area contributed by atoms with Gasteiger partial charge in [0.2, 0.25) is 17.7 Å². The van der Waals surface area contributed by atoms with Crippen LogP contribution in [0.4, 0.5) is 0 Å². The van der Waals surface area contributed by atoms with Crippen molar-refractivity contribution in [2.45, 2.75) is 140 Å². The van der Waals surface area contributed by atoms with Crippen LogP contribution < -0.4 is 21.7 Å². The summed E-state index contributed by atoms with van der Waals surface area (Å²) in [6.07, 6.45) is 6.78. The predicted octanol–water partition coefficient (Wildman–Crippen LogP) is 2.51. The van der Waals surface area contributed by atoms with Gasteiger partial charge in [0.05, 0.1) is 24.3 Å². The second-order valence-electron chi connectivity index (χ2n) is 15.4. The fraction of sp³-hybridized carbons (Fsp3) is 0.694. The van der Waals surface area contributed by atoms with Gasteiger partial charge in [-0.25, -0.2) is 0 Å². The number of hydrogen-bond donors (Lipinski definition) is 5. The fourth-order valence-electron chi connectivity index (χ4n) is 7.27. The highest BCUT2D eigenvalue weighted by atomic mass is 16.7. The zero-order chi connectivity index (χ0) is 34.6. The first-order valence-electron chi connectivity index (χ1n) is 17.8. The van der Waals surface area contributed by atoms with Gasteiger partial charge in [-0.3, -0.25) is 19.2 Å². The number of carbonyl (C=O) groups is 4. The highest BCUT2D eigenvalue weighted by Gasteiger charge is 2.56. The summed E-state index contributed by atoms with van der Waals surface area (Å²) >= 11 is 0. The van der Waals surface area contributed by atoms with E-state index in [1.54, 1.807) is 0 Å². The lowest BCUT2D eigenvalue weighted by atomic mass is 9.82. The van der Waals surface area contributed by atoms with E-state index in [0.717, 1.165) is 56.2 Å². The molecule has 6 N–H and O–H groups in total. The van der Waals surface area contributed by atoms with Crippen molar-refractivity contribution >= 4 is 29.3 Å². The molecule has 1 aromatic rings. The van der Waals surface area contributed by atoms with Gasteiger partial charge >= 0.3 is 0 Å². The molecule has 4 aliphatic rings. The predicted molar refractivity (Wildman–Crippen MR) is 181 cm³/mol. The highest BCUT2D eigenvalue weighted by Crippen LogP contribution is 2.40. The van der Waals surface area contributed by atoms with Crippen LogP contribution in [-0.4, -0.2) is 87.8 Å². The number of rotatable bonds is 12. The normalized spacial score (nSPS) is 25.4.